The van der Waals surface area contributed by atoms with E-state index in [1.165, 1.54) is 41.3 Å². The quantitative estimate of drug-likeness (QED) is 0.275. The Labute approximate surface area is 238 Å². The molecule has 3 aromatic carbocycles. The van der Waals surface area contributed by atoms with Gasteiger partial charge in [0.05, 0.1) is 10.6 Å². The van der Waals surface area contributed by atoms with Crippen LogP contribution in [-0.2, 0) is 26.2 Å². The molecule has 0 aromatic heterocycles. The highest BCUT2D eigenvalue weighted by molar-refractivity contribution is 9.10. The van der Waals surface area contributed by atoms with E-state index < -0.39 is 34.3 Å². The molecule has 1 atom stereocenters. The SMILES string of the molecule is CCCCNC(=O)C(C)N(Cc1ccc(F)cc1)C(=O)CN(c1ccc(Br)cc1)S(=O)(=O)c1ccc(C)cc1. The average molecular weight is 619 g/mol. The van der Waals surface area contributed by atoms with Crippen molar-refractivity contribution in [2.24, 2.45) is 0 Å². The van der Waals surface area contributed by atoms with Crippen LogP contribution in [0.2, 0.25) is 0 Å². The van der Waals surface area contributed by atoms with E-state index in [0.29, 0.717) is 17.8 Å². The number of sulfonamides is 1. The predicted molar refractivity (Wildman–Crippen MR) is 154 cm³/mol. The minimum atomic E-state index is -4.13. The smallest absolute Gasteiger partial charge is 0.264 e. The summed E-state index contributed by atoms with van der Waals surface area (Å²) in [6.07, 6.45) is 1.68. The fourth-order valence-corrected chi connectivity index (χ4v) is 5.56. The van der Waals surface area contributed by atoms with Crippen molar-refractivity contribution in [2.75, 3.05) is 17.4 Å². The number of nitrogens with zero attached hydrogens (tertiary/aromatic N) is 2. The largest absolute Gasteiger partial charge is 0.354 e. The molecule has 208 valence electrons. The van der Waals surface area contributed by atoms with Crippen LogP contribution in [0.4, 0.5) is 10.1 Å². The monoisotopic (exact) mass is 617 g/mol. The van der Waals surface area contributed by atoms with E-state index in [1.54, 1.807) is 43.3 Å². The molecular formula is C29H33BrFN3O4S. The number of carbonyl (C=O) groups is 2. The molecule has 3 rings (SSSR count). The second-order valence-corrected chi connectivity index (χ2v) is 12.0. The van der Waals surface area contributed by atoms with Crippen LogP contribution in [-0.4, -0.2) is 44.3 Å². The van der Waals surface area contributed by atoms with Crippen LogP contribution < -0.4 is 9.62 Å². The zero-order chi connectivity index (χ0) is 28.6. The van der Waals surface area contributed by atoms with Gasteiger partial charge in [0.1, 0.15) is 18.4 Å². The third kappa shape index (κ3) is 8.12. The molecule has 0 bridgehead atoms. The number of amides is 2. The Morgan fingerprint density at radius 3 is 2.18 bits per heavy atom. The highest BCUT2D eigenvalue weighted by Gasteiger charge is 2.32. The van der Waals surface area contributed by atoms with E-state index in [9.17, 15) is 22.4 Å². The highest BCUT2D eigenvalue weighted by atomic mass is 79.9. The molecule has 0 radical (unpaired) electrons. The Bertz CT molecular complexity index is 1370. The number of benzene rings is 3. The minimum absolute atomic E-state index is 0.000233. The Hall–Kier alpha value is -3.24. The summed E-state index contributed by atoms with van der Waals surface area (Å²) in [6.45, 7) is 5.38. The molecule has 0 fully saturated rings. The third-order valence-corrected chi connectivity index (χ3v) is 8.58. The summed E-state index contributed by atoms with van der Waals surface area (Å²) in [4.78, 5) is 28.1. The maximum absolute atomic E-state index is 13.8. The van der Waals surface area contributed by atoms with Crippen molar-refractivity contribution < 1.29 is 22.4 Å². The van der Waals surface area contributed by atoms with Gasteiger partial charge in [0.15, 0.2) is 0 Å². The first-order chi connectivity index (χ1) is 18.5. The van der Waals surface area contributed by atoms with E-state index in [2.05, 4.69) is 21.2 Å². The van der Waals surface area contributed by atoms with Gasteiger partial charge in [-0.1, -0.05) is 59.1 Å². The first kappa shape index (κ1) is 30.3. The molecule has 0 heterocycles. The predicted octanol–water partition coefficient (Wildman–Crippen LogP) is 5.43. The molecule has 0 saturated carbocycles. The van der Waals surface area contributed by atoms with Gasteiger partial charge in [-0.15, -0.1) is 0 Å². The van der Waals surface area contributed by atoms with Gasteiger partial charge in [-0.3, -0.25) is 13.9 Å². The molecule has 2 amide bonds. The average Bonchev–Trinajstić information content (AvgIpc) is 2.91. The number of nitrogens with one attached hydrogen (secondary N) is 1. The van der Waals surface area contributed by atoms with E-state index in [-0.39, 0.29) is 17.3 Å². The molecule has 0 aliphatic heterocycles. The van der Waals surface area contributed by atoms with Crippen molar-refractivity contribution in [3.8, 4) is 0 Å². The number of hydrogen-bond donors (Lipinski definition) is 1. The van der Waals surface area contributed by atoms with Crippen LogP contribution in [0.1, 0.15) is 37.8 Å². The molecule has 0 aliphatic rings. The fraction of sp³-hybridized carbons (Fsp3) is 0.310. The molecule has 0 aliphatic carbocycles. The van der Waals surface area contributed by atoms with Crippen molar-refractivity contribution in [3.63, 3.8) is 0 Å². The van der Waals surface area contributed by atoms with Crippen LogP contribution in [0, 0.1) is 12.7 Å². The van der Waals surface area contributed by atoms with Gasteiger partial charge >= 0.3 is 0 Å². The number of rotatable bonds is 12. The standard InChI is InChI=1S/C29H33BrFN3O4S/c1-4-5-18-32-29(36)22(3)33(19-23-8-12-25(31)13-9-23)28(35)20-34(26-14-10-24(30)11-15-26)39(37,38)27-16-6-21(2)7-17-27/h6-17,22H,4-5,18-20H2,1-3H3,(H,32,36). The molecule has 7 nitrogen and oxygen atoms in total. The molecule has 39 heavy (non-hydrogen) atoms. The number of aryl methyl sites for hydroxylation is 1. The van der Waals surface area contributed by atoms with Crippen LogP contribution in [0.5, 0.6) is 0 Å². The number of anilines is 1. The number of halogens is 2. The summed E-state index contributed by atoms with van der Waals surface area (Å²) in [5, 5.41) is 2.84. The molecule has 10 heteroatoms. The van der Waals surface area contributed by atoms with Gasteiger partial charge in [-0.2, -0.15) is 0 Å². The van der Waals surface area contributed by atoms with Crippen LogP contribution in [0.25, 0.3) is 0 Å². The lowest BCUT2D eigenvalue weighted by atomic mass is 10.1. The molecule has 0 spiro atoms. The molecular weight excluding hydrogens is 585 g/mol. The maximum atomic E-state index is 13.8. The molecule has 3 aromatic rings. The summed E-state index contributed by atoms with van der Waals surface area (Å²) in [6, 6.07) is 17.7. The Kier molecular flexibility index (Phi) is 10.7. The van der Waals surface area contributed by atoms with Crippen molar-refractivity contribution in [2.45, 2.75) is 51.1 Å². The zero-order valence-electron chi connectivity index (χ0n) is 22.2. The maximum Gasteiger partial charge on any atom is 0.264 e. The lowest BCUT2D eigenvalue weighted by molar-refractivity contribution is -0.139. The second kappa shape index (κ2) is 13.7. The molecule has 1 N–H and O–H groups in total. The van der Waals surface area contributed by atoms with E-state index in [0.717, 1.165) is 27.2 Å². The van der Waals surface area contributed by atoms with E-state index >= 15 is 0 Å². The summed E-state index contributed by atoms with van der Waals surface area (Å²) in [5.74, 6) is -1.35. The summed E-state index contributed by atoms with van der Waals surface area (Å²) >= 11 is 3.36. The summed E-state index contributed by atoms with van der Waals surface area (Å²) in [7, 11) is -4.13. The minimum Gasteiger partial charge on any atom is -0.354 e. The van der Waals surface area contributed by atoms with Gasteiger partial charge in [0.25, 0.3) is 10.0 Å². The summed E-state index contributed by atoms with van der Waals surface area (Å²) < 4.78 is 42.9. The number of carbonyl (C=O) groups excluding carboxylic acids is 2. The number of hydrogen-bond acceptors (Lipinski definition) is 4. The molecule has 1 unspecified atom stereocenters. The Morgan fingerprint density at radius 2 is 1.59 bits per heavy atom. The lowest BCUT2D eigenvalue weighted by Crippen LogP contribution is -2.51. The Balaban J connectivity index is 1.98. The van der Waals surface area contributed by atoms with Gasteiger partial charge < -0.3 is 10.2 Å². The Morgan fingerprint density at radius 1 is 0.974 bits per heavy atom. The first-order valence-electron chi connectivity index (χ1n) is 12.7. The summed E-state index contributed by atoms with van der Waals surface area (Å²) in [5.41, 5.74) is 1.80. The van der Waals surface area contributed by atoms with E-state index in [4.69, 9.17) is 0 Å². The normalized spacial score (nSPS) is 12.0. The lowest BCUT2D eigenvalue weighted by Gasteiger charge is -2.32. The van der Waals surface area contributed by atoms with Crippen molar-refractivity contribution >= 4 is 43.5 Å². The zero-order valence-corrected chi connectivity index (χ0v) is 24.6. The van der Waals surface area contributed by atoms with Crippen LogP contribution in [0.3, 0.4) is 0 Å². The van der Waals surface area contributed by atoms with E-state index in [1.807, 2.05) is 13.8 Å². The fourth-order valence-electron chi connectivity index (χ4n) is 3.88. The number of unbranched alkanes of at least 4 members (excludes halogenated alkanes) is 1. The third-order valence-electron chi connectivity index (χ3n) is 6.27. The highest BCUT2D eigenvalue weighted by Crippen LogP contribution is 2.26. The van der Waals surface area contributed by atoms with Crippen molar-refractivity contribution in [3.05, 3.63) is 94.2 Å². The van der Waals surface area contributed by atoms with Crippen LogP contribution >= 0.6 is 15.9 Å². The topological polar surface area (TPSA) is 86.8 Å². The first-order valence-corrected chi connectivity index (χ1v) is 14.9. The van der Waals surface area contributed by atoms with Gasteiger partial charge in [-0.25, -0.2) is 12.8 Å². The van der Waals surface area contributed by atoms with Crippen molar-refractivity contribution in [1.29, 1.82) is 0 Å². The van der Waals surface area contributed by atoms with Crippen molar-refractivity contribution in [1.82, 2.24) is 10.2 Å². The second-order valence-electron chi connectivity index (χ2n) is 9.27. The van der Waals surface area contributed by atoms with Gasteiger partial charge in [0.2, 0.25) is 11.8 Å². The van der Waals surface area contributed by atoms with Crippen LogP contribution in [0.15, 0.2) is 82.2 Å². The van der Waals surface area contributed by atoms with Gasteiger partial charge in [-0.05, 0) is 74.4 Å². The molecule has 0 saturated heterocycles. The van der Waals surface area contributed by atoms with Gasteiger partial charge in [0, 0.05) is 17.6 Å².